The third-order valence-electron chi connectivity index (χ3n) is 3.45. The number of nitrogens with one attached hydrogen (secondary N) is 2. The number of benzene rings is 2. The van der Waals surface area contributed by atoms with E-state index in [0.717, 1.165) is 26.7 Å². The second-order valence-electron chi connectivity index (χ2n) is 5.21. The molecular weight excluding hydrogens is 338 g/mol. The SMILES string of the molecule is COc1ccc(OCCNC(=O)NCc2nc3ccccc3s2)cc1. The number of hydrogen-bond donors (Lipinski definition) is 2. The monoisotopic (exact) mass is 357 g/mol. The maximum Gasteiger partial charge on any atom is 0.315 e. The van der Waals surface area contributed by atoms with Crippen molar-refractivity contribution in [2.75, 3.05) is 20.3 Å². The number of carbonyl (C=O) groups is 1. The Labute approximate surface area is 149 Å². The first-order valence-corrected chi connectivity index (χ1v) is 8.69. The van der Waals surface area contributed by atoms with E-state index in [0.29, 0.717) is 19.7 Å². The lowest BCUT2D eigenvalue weighted by molar-refractivity contribution is 0.236. The molecule has 1 aromatic heterocycles. The molecule has 0 aliphatic rings. The molecule has 3 rings (SSSR count). The smallest absolute Gasteiger partial charge is 0.315 e. The van der Waals surface area contributed by atoms with Crippen LogP contribution in [0.1, 0.15) is 5.01 Å². The van der Waals surface area contributed by atoms with E-state index in [4.69, 9.17) is 9.47 Å². The first-order chi connectivity index (χ1) is 12.2. The fraction of sp³-hybridized carbons (Fsp3) is 0.222. The van der Waals surface area contributed by atoms with Gasteiger partial charge in [0, 0.05) is 0 Å². The Morgan fingerprint density at radius 2 is 1.84 bits per heavy atom. The molecule has 0 saturated heterocycles. The van der Waals surface area contributed by atoms with Gasteiger partial charge in [-0.25, -0.2) is 9.78 Å². The van der Waals surface area contributed by atoms with Crippen LogP contribution in [0.25, 0.3) is 10.2 Å². The van der Waals surface area contributed by atoms with Crippen molar-refractivity contribution >= 4 is 27.6 Å². The van der Waals surface area contributed by atoms with Gasteiger partial charge in [0.2, 0.25) is 0 Å². The van der Waals surface area contributed by atoms with Crippen LogP contribution in [-0.2, 0) is 6.54 Å². The highest BCUT2D eigenvalue weighted by Crippen LogP contribution is 2.21. The molecule has 2 N–H and O–H groups in total. The molecule has 3 aromatic rings. The zero-order valence-electron chi connectivity index (χ0n) is 13.8. The molecule has 7 heteroatoms. The van der Waals surface area contributed by atoms with Crippen molar-refractivity contribution in [3.63, 3.8) is 0 Å². The number of fused-ring (bicyclic) bond motifs is 1. The number of rotatable bonds is 7. The minimum Gasteiger partial charge on any atom is -0.497 e. The van der Waals surface area contributed by atoms with Crippen molar-refractivity contribution in [3.05, 3.63) is 53.5 Å². The number of methoxy groups -OCH3 is 1. The van der Waals surface area contributed by atoms with E-state index in [2.05, 4.69) is 15.6 Å². The van der Waals surface area contributed by atoms with Crippen LogP contribution in [0, 0.1) is 0 Å². The number of amides is 2. The highest BCUT2D eigenvalue weighted by molar-refractivity contribution is 7.18. The van der Waals surface area contributed by atoms with Crippen LogP contribution >= 0.6 is 11.3 Å². The number of urea groups is 1. The standard InChI is InChI=1S/C18H19N3O3S/c1-23-13-6-8-14(9-7-13)24-11-10-19-18(22)20-12-17-21-15-4-2-3-5-16(15)25-17/h2-9H,10-12H2,1H3,(H2,19,20,22). The van der Waals surface area contributed by atoms with Crippen molar-refractivity contribution in [2.45, 2.75) is 6.54 Å². The molecule has 0 aliphatic carbocycles. The number of thiazole rings is 1. The summed E-state index contributed by atoms with van der Waals surface area (Å²) in [7, 11) is 1.62. The number of aromatic nitrogens is 1. The van der Waals surface area contributed by atoms with Gasteiger partial charge in [-0.2, -0.15) is 0 Å². The summed E-state index contributed by atoms with van der Waals surface area (Å²) in [6, 6.07) is 15.0. The zero-order chi connectivity index (χ0) is 17.5. The van der Waals surface area contributed by atoms with E-state index < -0.39 is 0 Å². The molecule has 2 aromatic carbocycles. The molecule has 0 bridgehead atoms. The molecule has 1 heterocycles. The third-order valence-corrected chi connectivity index (χ3v) is 4.49. The molecule has 0 radical (unpaired) electrons. The van der Waals surface area contributed by atoms with E-state index in [1.165, 1.54) is 0 Å². The van der Waals surface area contributed by atoms with Gasteiger partial charge < -0.3 is 20.1 Å². The maximum absolute atomic E-state index is 11.8. The fourth-order valence-corrected chi connectivity index (χ4v) is 3.13. The Balaban J connectivity index is 1.36. The summed E-state index contributed by atoms with van der Waals surface area (Å²) in [6.45, 7) is 1.21. The predicted molar refractivity (Wildman–Crippen MR) is 98.3 cm³/mol. The minimum atomic E-state index is -0.238. The summed E-state index contributed by atoms with van der Waals surface area (Å²) in [4.78, 5) is 16.3. The van der Waals surface area contributed by atoms with Crippen LogP contribution in [0.5, 0.6) is 11.5 Å². The van der Waals surface area contributed by atoms with Crippen molar-refractivity contribution in [2.24, 2.45) is 0 Å². The average Bonchev–Trinajstić information content (AvgIpc) is 3.07. The van der Waals surface area contributed by atoms with Crippen molar-refractivity contribution in [1.29, 1.82) is 0 Å². The average molecular weight is 357 g/mol. The Hall–Kier alpha value is -2.80. The molecule has 0 spiro atoms. The quantitative estimate of drug-likeness (QED) is 0.637. The van der Waals surface area contributed by atoms with Crippen LogP contribution in [0.3, 0.4) is 0 Å². The molecule has 0 fully saturated rings. The highest BCUT2D eigenvalue weighted by atomic mass is 32.1. The normalized spacial score (nSPS) is 10.4. The summed E-state index contributed by atoms with van der Waals surface area (Å²) in [6.07, 6.45) is 0. The second-order valence-corrected chi connectivity index (χ2v) is 6.32. The van der Waals surface area contributed by atoms with E-state index >= 15 is 0 Å². The first-order valence-electron chi connectivity index (χ1n) is 7.87. The topological polar surface area (TPSA) is 72.5 Å². The van der Waals surface area contributed by atoms with Gasteiger partial charge in [0.15, 0.2) is 0 Å². The third kappa shape index (κ3) is 4.84. The lowest BCUT2D eigenvalue weighted by atomic mass is 10.3. The van der Waals surface area contributed by atoms with Crippen molar-refractivity contribution in [3.8, 4) is 11.5 Å². The van der Waals surface area contributed by atoms with Crippen LogP contribution in [-0.4, -0.2) is 31.3 Å². The number of ether oxygens (including phenoxy) is 2. The Morgan fingerprint density at radius 3 is 2.60 bits per heavy atom. The van der Waals surface area contributed by atoms with Gasteiger partial charge >= 0.3 is 6.03 Å². The molecule has 25 heavy (non-hydrogen) atoms. The van der Waals surface area contributed by atoms with E-state index in [-0.39, 0.29) is 6.03 Å². The molecule has 6 nitrogen and oxygen atoms in total. The van der Waals surface area contributed by atoms with Crippen molar-refractivity contribution in [1.82, 2.24) is 15.6 Å². The Morgan fingerprint density at radius 1 is 1.08 bits per heavy atom. The van der Waals surface area contributed by atoms with Gasteiger partial charge in [-0.15, -0.1) is 11.3 Å². The van der Waals surface area contributed by atoms with Crippen LogP contribution in [0.4, 0.5) is 4.79 Å². The van der Waals surface area contributed by atoms with Crippen molar-refractivity contribution < 1.29 is 14.3 Å². The van der Waals surface area contributed by atoms with Crippen LogP contribution in [0.2, 0.25) is 0 Å². The van der Waals surface area contributed by atoms with Gasteiger partial charge in [-0.1, -0.05) is 12.1 Å². The van der Waals surface area contributed by atoms with Gasteiger partial charge in [0.25, 0.3) is 0 Å². The minimum absolute atomic E-state index is 0.238. The lowest BCUT2D eigenvalue weighted by Gasteiger charge is -2.09. The van der Waals surface area contributed by atoms with Crippen LogP contribution in [0.15, 0.2) is 48.5 Å². The molecule has 0 atom stereocenters. The van der Waals surface area contributed by atoms with Gasteiger partial charge in [0.05, 0.1) is 30.4 Å². The summed E-state index contributed by atoms with van der Waals surface area (Å²) in [5.41, 5.74) is 0.956. The largest absolute Gasteiger partial charge is 0.497 e. The molecular formula is C18H19N3O3S. The fourth-order valence-electron chi connectivity index (χ4n) is 2.22. The van der Waals surface area contributed by atoms with E-state index in [1.54, 1.807) is 18.4 Å². The first kappa shape index (κ1) is 17.0. The molecule has 0 saturated carbocycles. The Kier molecular flexibility index (Phi) is 5.69. The number of nitrogens with zero attached hydrogens (tertiary/aromatic N) is 1. The van der Waals surface area contributed by atoms with Crippen LogP contribution < -0.4 is 20.1 Å². The summed E-state index contributed by atoms with van der Waals surface area (Å²) in [5, 5.41) is 6.44. The maximum atomic E-state index is 11.8. The summed E-state index contributed by atoms with van der Waals surface area (Å²) < 4.78 is 11.8. The highest BCUT2D eigenvalue weighted by Gasteiger charge is 2.05. The Bertz CT molecular complexity index is 800. The second kappa shape index (κ2) is 8.34. The molecule has 0 aliphatic heterocycles. The van der Waals surface area contributed by atoms with E-state index in [1.807, 2.05) is 48.5 Å². The summed E-state index contributed by atoms with van der Waals surface area (Å²) >= 11 is 1.58. The van der Waals surface area contributed by atoms with E-state index in [9.17, 15) is 4.79 Å². The zero-order valence-corrected chi connectivity index (χ0v) is 14.6. The number of para-hydroxylation sites is 1. The van der Waals surface area contributed by atoms with Gasteiger partial charge in [-0.3, -0.25) is 0 Å². The molecule has 0 unspecified atom stereocenters. The van der Waals surface area contributed by atoms with Gasteiger partial charge in [-0.05, 0) is 36.4 Å². The number of hydrogen-bond acceptors (Lipinski definition) is 5. The lowest BCUT2D eigenvalue weighted by Crippen LogP contribution is -2.37. The summed E-state index contributed by atoms with van der Waals surface area (Å²) in [5.74, 6) is 1.51. The molecule has 2 amide bonds. The number of carbonyl (C=O) groups excluding carboxylic acids is 1. The van der Waals surface area contributed by atoms with Gasteiger partial charge in [0.1, 0.15) is 23.1 Å². The predicted octanol–water partition coefficient (Wildman–Crippen LogP) is 3.18. The molecule has 130 valence electrons.